The highest BCUT2D eigenvalue weighted by atomic mass is 32.2. The fourth-order valence-electron chi connectivity index (χ4n) is 3.47. The van der Waals surface area contributed by atoms with Crippen LogP contribution >= 0.6 is 11.8 Å². The van der Waals surface area contributed by atoms with E-state index in [4.69, 9.17) is 4.74 Å². The average molecular weight is 387 g/mol. The predicted molar refractivity (Wildman–Crippen MR) is 111 cm³/mol. The van der Waals surface area contributed by atoms with Crippen molar-refractivity contribution < 1.29 is 14.3 Å². The maximum absolute atomic E-state index is 13.1. The Morgan fingerprint density at radius 2 is 1.96 bits per heavy atom. The van der Waals surface area contributed by atoms with E-state index < -0.39 is 0 Å². The van der Waals surface area contributed by atoms with Crippen LogP contribution < -0.4 is 4.90 Å². The summed E-state index contributed by atoms with van der Waals surface area (Å²) in [4.78, 5) is 29.2. The number of benzene rings is 2. The molecule has 2 aromatic rings. The van der Waals surface area contributed by atoms with Gasteiger partial charge in [0.1, 0.15) is 6.04 Å². The standard InChI is InChI=1S/C21H26N2O3S/c1-3-23(18-11-7-9-16-8-5-6-10-17(16)18)20(24)14-22-12-13-27-15-19(22)21(25)26-4-2/h5-11,19H,3-4,12-15H2,1-2H3. The highest BCUT2D eigenvalue weighted by Gasteiger charge is 2.32. The van der Waals surface area contributed by atoms with Crippen molar-refractivity contribution in [1.82, 2.24) is 4.90 Å². The van der Waals surface area contributed by atoms with Crippen LogP contribution in [-0.4, -0.2) is 60.6 Å². The number of carbonyl (C=O) groups is 2. The molecule has 6 heteroatoms. The van der Waals surface area contributed by atoms with E-state index in [2.05, 4.69) is 12.1 Å². The fraction of sp³-hybridized carbons (Fsp3) is 0.429. The normalized spacial score (nSPS) is 17.6. The summed E-state index contributed by atoms with van der Waals surface area (Å²) in [7, 11) is 0. The van der Waals surface area contributed by atoms with Gasteiger partial charge in [-0.3, -0.25) is 14.5 Å². The SMILES string of the molecule is CCOC(=O)C1CSCCN1CC(=O)N(CC)c1cccc2ccccc12. The molecule has 1 aliphatic heterocycles. The van der Waals surface area contributed by atoms with Gasteiger partial charge in [0.05, 0.1) is 18.8 Å². The van der Waals surface area contributed by atoms with Gasteiger partial charge in [-0.05, 0) is 25.3 Å². The highest BCUT2D eigenvalue weighted by molar-refractivity contribution is 7.99. The topological polar surface area (TPSA) is 49.9 Å². The lowest BCUT2D eigenvalue weighted by atomic mass is 10.1. The number of rotatable bonds is 6. The number of likely N-dealkylation sites (N-methyl/N-ethyl adjacent to an activating group) is 1. The quantitative estimate of drug-likeness (QED) is 0.714. The van der Waals surface area contributed by atoms with E-state index in [1.807, 2.05) is 54.0 Å². The Kier molecular flexibility index (Phi) is 6.74. The van der Waals surface area contributed by atoms with Crippen LogP contribution in [0.5, 0.6) is 0 Å². The van der Waals surface area contributed by atoms with Gasteiger partial charge in [0.15, 0.2) is 0 Å². The number of esters is 1. The lowest BCUT2D eigenvalue weighted by Crippen LogP contribution is -2.52. The Morgan fingerprint density at radius 1 is 1.19 bits per heavy atom. The minimum absolute atomic E-state index is 0.00931. The van der Waals surface area contributed by atoms with Crippen LogP contribution in [0.2, 0.25) is 0 Å². The van der Waals surface area contributed by atoms with Gasteiger partial charge in [-0.25, -0.2) is 0 Å². The van der Waals surface area contributed by atoms with Gasteiger partial charge in [0, 0.05) is 30.0 Å². The molecule has 1 saturated heterocycles. The molecular weight excluding hydrogens is 360 g/mol. The summed E-state index contributed by atoms with van der Waals surface area (Å²) in [5, 5.41) is 2.17. The molecule has 0 saturated carbocycles. The van der Waals surface area contributed by atoms with E-state index in [0.717, 1.165) is 22.2 Å². The highest BCUT2D eigenvalue weighted by Crippen LogP contribution is 2.27. The average Bonchev–Trinajstić information content (AvgIpc) is 2.69. The number of ether oxygens (including phenoxy) is 1. The third-order valence-electron chi connectivity index (χ3n) is 4.81. The van der Waals surface area contributed by atoms with Gasteiger partial charge in [-0.2, -0.15) is 11.8 Å². The van der Waals surface area contributed by atoms with Crippen LogP contribution in [-0.2, 0) is 14.3 Å². The number of hydrogen-bond acceptors (Lipinski definition) is 5. The Bertz CT molecular complexity index is 806. The Balaban J connectivity index is 1.81. The maximum atomic E-state index is 13.1. The molecule has 1 amide bonds. The number of thioether (sulfide) groups is 1. The van der Waals surface area contributed by atoms with E-state index in [1.165, 1.54) is 0 Å². The van der Waals surface area contributed by atoms with Gasteiger partial charge in [0.25, 0.3) is 0 Å². The molecule has 0 aromatic heterocycles. The molecule has 1 atom stereocenters. The van der Waals surface area contributed by atoms with Crippen molar-refractivity contribution in [3.63, 3.8) is 0 Å². The van der Waals surface area contributed by atoms with Crippen LogP contribution in [0.3, 0.4) is 0 Å². The van der Waals surface area contributed by atoms with E-state index in [9.17, 15) is 9.59 Å². The third-order valence-corrected chi connectivity index (χ3v) is 5.83. The predicted octanol–water partition coefficient (Wildman–Crippen LogP) is 3.17. The zero-order valence-corrected chi connectivity index (χ0v) is 16.7. The lowest BCUT2D eigenvalue weighted by Gasteiger charge is -2.34. The molecule has 0 radical (unpaired) electrons. The summed E-state index contributed by atoms with van der Waals surface area (Å²) in [6.45, 7) is 5.67. The lowest BCUT2D eigenvalue weighted by molar-refractivity contribution is -0.149. The minimum Gasteiger partial charge on any atom is -0.465 e. The molecule has 1 fully saturated rings. The smallest absolute Gasteiger partial charge is 0.324 e. The number of fused-ring (bicyclic) bond motifs is 1. The summed E-state index contributed by atoms with van der Waals surface area (Å²) in [5.41, 5.74) is 0.916. The van der Waals surface area contributed by atoms with Gasteiger partial charge in [-0.15, -0.1) is 0 Å². The van der Waals surface area contributed by atoms with Crippen molar-refractivity contribution >= 4 is 40.1 Å². The largest absolute Gasteiger partial charge is 0.465 e. The van der Waals surface area contributed by atoms with Crippen LogP contribution in [0.1, 0.15) is 13.8 Å². The second-order valence-corrected chi connectivity index (χ2v) is 7.60. The Morgan fingerprint density at radius 3 is 2.74 bits per heavy atom. The molecule has 3 rings (SSSR count). The van der Waals surface area contributed by atoms with E-state index >= 15 is 0 Å². The first-order chi connectivity index (χ1) is 13.2. The van der Waals surface area contributed by atoms with Crippen molar-refractivity contribution in [3.05, 3.63) is 42.5 Å². The summed E-state index contributed by atoms with van der Waals surface area (Å²) in [6.07, 6.45) is 0. The Labute approximate surface area is 164 Å². The second-order valence-electron chi connectivity index (χ2n) is 6.45. The zero-order valence-electron chi connectivity index (χ0n) is 15.9. The van der Waals surface area contributed by atoms with E-state index in [1.54, 1.807) is 11.8 Å². The van der Waals surface area contributed by atoms with Gasteiger partial charge >= 0.3 is 5.97 Å². The van der Waals surface area contributed by atoms with Gasteiger partial charge < -0.3 is 9.64 Å². The van der Waals surface area contributed by atoms with E-state index in [-0.39, 0.29) is 24.5 Å². The first-order valence-corrected chi connectivity index (χ1v) is 10.6. The van der Waals surface area contributed by atoms with Crippen molar-refractivity contribution in [2.75, 3.05) is 42.6 Å². The minimum atomic E-state index is -0.348. The number of nitrogens with zero attached hydrogens (tertiary/aromatic N) is 2. The van der Waals surface area contributed by atoms with Crippen LogP contribution in [0.4, 0.5) is 5.69 Å². The van der Waals surface area contributed by atoms with Crippen molar-refractivity contribution in [3.8, 4) is 0 Å². The molecule has 1 aliphatic rings. The Hall–Kier alpha value is -2.05. The molecule has 0 aliphatic carbocycles. The molecule has 0 N–H and O–H groups in total. The van der Waals surface area contributed by atoms with Gasteiger partial charge in [-0.1, -0.05) is 36.4 Å². The molecule has 27 heavy (non-hydrogen) atoms. The summed E-state index contributed by atoms with van der Waals surface area (Å²) in [6, 6.07) is 13.7. The zero-order chi connectivity index (χ0) is 19.2. The first-order valence-electron chi connectivity index (χ1n) is 9.42. The maximum Gasteiger partial charge on any atom is 0.324 e. The molecule has 1 heterocycles. The molecule has 0 spiro atoms. The van der Waals surface area contributed by atoms with Crippen LogP contribution in [0.25, 0.3) is 10.8 Å². The summed E-state index contributed by atoms with van der Waals surface area (Å²) in [5.74, 6) is 1.37. The molecular formula is C21H26N2O3S. The summed E-state index contributed by atoms with van der Waals surface area (Å²) >= 11 is 1.73. The van der Waals surface area contributed by atoms with Gasteiger partial charge in [0.2, 0.25) is 5.91 Å². The van der Waals surface area contributed by atoms with Crippen molar-refractivity contribution in [1.29, 1.82) is 0 Å². The summed E-state index contributed by atoms with van der Waals surface area (Å²) < 4.78 is 5.20. The van der Waals surface area contributed by atoms with Crippen molar-refractivity contribution in [2.45, 2.75) is 19.9 Å². The molecule has 1 unspecified atom stereocenters. The molecule has 5 nitrogen and oxygen atoms in total. The van der Waals surface area contributed by atoms with E-state index in [0.29, 0.717) is 25.4 Å². The van der Waals surface area contributed by atoms with Crippen molar-refractivity contribution in [2.24, 2.45) is 0 Å². The first kappa shape index (κ1) is 19.7. The second kappa shape index (κ2) is 9.24. The fourth-order valence-corrected chi connectivity index (χ4v) is 4.57. The number of carbonyl (C=O) groups excluding carboxylic acids is 2. The molecule has 2 aromatic carbocycles. The number of amides is 1. The van der Waals surface area contributed by atoms with Crippen LogP contribution in [0, 0.1) is 0 Å². The number of hydrogen-bond donors (Lipinski definition) is 0. The third kappa shape index (κ3) is 4.45. The molecule has 0 bridgehead atoms. The molecule has 144 valence electrons. The number of anilines is 1. The monoisotopic (exact) mass is 386 g/mol. The van der Waals surface area contributed by atoms with Crippen LogP contribution in [0.15, 0.2) is 42.5 Å².